The van der Waals surface area contributed by atoms with E-state index in [4.69, 9.17) is 0 Å². The fourth-order valence-corrected chi connectivity index (χ4v) is 1.78. The van der Waals surface area contributed by atoms with Crippen molar-refractivity contribution in [3.8, 4) is 0 Å². The van der Waals surface area contributed by atoms with Gasteiger partial charge in [0.2, 0.25) is 0 Å². The van der Waals surface area contributed by atoms with Crippen LogP contribution in [0.2, 0.25) is 0 Å². The average Bonchev–Trinajstić information content (AvgIpc) is 2.35. The minimum atomic E-state index is -0.170. The second-order valence-electron chi connectivity index (χ2n) is 3.16. The third-order valence-corrected chi connectivity index (χ3v) is 2.74. The number of hydrogen-bond acceptors (Lipinski definition) is 4. The molecule has 0 radical (unpaired) electrons. The predicted octanol–water partition coefficient (Wildman–Crippen LogP) is 1.09. The number of nitrogens with zero attached hydrogens (tertiary/aromatic N) is 2. The van der Waals surface area contributed by atoms with Gasteiger partial charge in [0.25, 0.3) is 0 Å². The largest absolute Gasteiger partial charge is 0.374 e. The zero-order valence-corrected chi connectivity index (χ0v) is 10.3. The number of nitrogens with one attached hydrogen (secondary N) is 2. The summed E-state index contributed by atoms with van der Waals surface area (Å²) in [5, 5.41) is 2.49. The highest BCUT2D eigenvalue weighted by Crippen LogP contribution is 2.09. The second kappa shape index (κ2) is 6.95. The Morgan fingerprint density at radius 2 is 2.19 bits per heavy atom. The maximum absolute atomic E-state index is 10.9. The molecule has 0 saturated heterocycles. The molecule has 5 nitrogen and oxygen atoms in total. The van der Waals surface area contributed by atoms with Gasteiger partial charge < -0.3 is 10.2 Å². The van der Waals surface area contributed by atoms with Crippen LogP contribution >= 0.6 is 11.9 Å². The van der Waals surface area contributed by atoms with Crippen LogP contribution in [0.25, 0.3) is 0 Å². The smallest absolute Gasteiger partial charge is 0.324 e. The summed E-state index contributed by atoms with van der Waals surface area (Å²) in [5.41, 5.74) is 1.12. The van der Waals surface area contributed by atoms with Gasteiger partial charge in [0.1, 0.15) is 0 Å². The van der Waals surface area contributed by atoms with Crippen LogP contribution in [0.4, 0.5) is 10.5 Å². The molecular formula is C10H16N4OS. The summed E-state index contributed by atoms with van der Waals surface area (Å²) >= 11 is 1.39. The van der Waals surface area contributed by atoms with E-state index < -0.39 is 0 Å². The van der Waals surface area contributed by atoms with E-state index in [0.29, 0.717) is 0 Å². The molecule has 1 aromatic rings. The zero-order chi connectivity index (χ0) is 11.8. The van der Waals surface area contributed by atoms with Gasteiger partial charge in [0, 0.05) is 44.5 Å². The summed E-state index contributed by atoms with van der Waals surface area (Å²) in [5.74, 6) is 0.826. The minimum absolute atomic E-state index is 0.170. The first-order valence-electron chi connectivity index (χ1n) is 4.94. The van der Waals surface area contributed by atoms with Crippen LogP contribution in [0.3, 0.4) is 0 Å². The molecule has 6 heteroatoms. The van der Waals surface area contributed by atoms with Crippen molar-refractivity contribution in [2.45, 2.75) is 0 Å². The van der Waals surface area contributed by atoms with E-state index in [1.54, 1.807) is 19.4 Å². The molecule has 0 saturated carbocycles. The third-order valence-electron chi connectivity index (χ3n) is 2.02. The van der Waals surface area contributed by atoms with Crippen LogP contribution < -0.4 is 14.9 Å². The Labute approximate surface area is 99.8 Å². The molecule has 16 heavy (non-hydrogen) atoms. The molecule has 0 fully saturated rings. The number of amides is 2. The van der Waals surface area contributed by atoms with Crippen molar-refractivity contribution >= 4 is 23.7 Å². The van der Waals surface area contributed by atoms with E-state index in [-0.39, 0.29) is 6.03 Å². The molecular weight excluding hydrogens is 224 g/mol. The molecule has 0 unspecified atom stereocenters. The van der Waals surface area contributed by atoms with Crippen LogP contribution in [0.15, 0.2) is 24.5 Å². The van der Waals surface area contributed by atoms with Gasteiger partial charge in [-0.2, -0.15) is 0 Å². The normalized spacial score (nSPS) is 9.62. The Morgan fingerprint density at radius 3 is 2.81 bits per heavy atom. The highest BCUT2D eigenvalue weighted by molar-refractivity contribution is 7.97. The van der Waals surface area contributed by atoms with Crippen molar-refractivity contribution < 1.29 is 4.79 Å². The highest BCUT2D eigenvalue weighted by atomic mass is 32.2. The SMILES string of the molecule is CNC(=O)NSCCN(C)c1ccncc1. The van der Waals surface area contributed by atoms with Crippen LogP contribution in [0.5, 0.6) is 0 Å². The molecule has 2 N–H and O–H groups in total. The molecule has 0 bridgehead atoms. The zero-order valence-electron chi connectivity index (χ0n) is 9.43. The van der Waals surface area contributed by atoms with Gasteiger partial charge in [-0.25, -0.2) is 4.79 Å². The van der Waals surface area contributed by atoms with Gasteiger partial charge in [-0.1, -0.05) is 0 Å². The van der Waals surface area contributed by atoms with Crippen molar-refractivity contribution in [2.75, 3.05) is 31.3 Å². The van der Waals surface area contributed by atoms with E-state index in [2.05, 4.69) is 19.9 Å². The molecule has 0 atom stereocenters. The fourth-order valence-electron chi connectivity index (χ4n) is 1.08. The first-order chi connectivity index (χ1) is 7.74. The summed E-state index contributed by atoms with van der Waals surface area (Å²) in [6.45, 7) is 0.860. The molecule has 1 rings (SSSR count). The van der Waals surface area contributed by atoms with Gasteiger partial charge in [0.05, 0.1) is 0 Å². The van der Waals surface area contributed by atoms with Gasteiger partial charge >= 0.3 is 6.03 Å². The molecule has 0 aliphatic heterocycles. The molecule has 0 aliphatic rings. The van der Waals surface area contributed by atoms with Gasteiger partial charge in [-0.05, 0) is 24.1 Å². The second-order valence-corrected chi connectivity index (χ2v) is 4.06. The number of anilines is 1. The van der Waals surface area contributed by atoms with Gasteiger partial charge in [-0.15, -0.1) is 0 Å². The van der Waals surface area contributed by atoms with Gasteiger partial charge in [-0.3, -0.25) is 9.71 Å². The Balaban J connectivity index is 2.21. The van der Waals surface area contributed by atoms with Crippen LogP contribution in [-0.4, -0.2) is 37.4 Å². The van der Waals surface area contributed by atoms with Gasteiger partial charge in [0.15, 0.2) is 0 Å². The van der Waals surface area contributed by atoms with Crippen LogP contribution in [-0.2, 0) is 0 Å². The molecule has 1 aromatic heterocycles. The predicted molar refractivity (Wildman–Crippen MR) is 67.6 cm³/mol. The summed E-state index contributed by atoms with van der Waals surface area (Å²) < 4.78 is 2.67. The lowest BCUT2D eigenvalue weighted by molar-refractivity contribution is 0.248. The van der Waals surface area contributed by atoms with E-state index in [1.807, 2.05) is 19.2 Å². The molecule has 2 amide bonds. The van der Waals surface area contributed by atoms with E-state index >= 15 is 0 Å². The maximum Gasteiger partial charge on any atom is 0.324 e. The average molecular weight is 240 g/mol. The van der Waals surface area contributed by atoms with Crippen molar-refractivity contribution in [3.63, 3.8) is 0 Å². The first kappa shape index (κ1) is 12.6. The number of urea groups is 1. The van der Waals surface area contributed by atoms with Crippen molar-refractivity contribution in [1.29, 1.82) is 0 Å². The molecule has 0 spiro atoms. The Hall–Kier alpha value is -1.43. The van der Waals surface area contributed by atoms with E-state index in [0.717, 1.165) is 18.0 Å². The third kappa shape index (κ3) is 4.39. The van der Waals surface area contributed by atoms with E-state index in [1.165, 1.54) is 11.9 Å². The Morgan fingerprint density at radius 1 is 1.50 bits per heavy atom. The van der Waals surface area contributed by atoms with Crippen LogP contribution in [0, 0.1) is 0 Å². The Kier molecular flexibility index (Phi) is 5.49. The fraction of sp³-hybridized carbons (Fsp3) is 0.400. The summed E-state index contributed by atoms with van der Waals surface area (Å²) in [7, 11) is 3.61. The molecule has 1 heterocycles. The number of aromatic nitrogens is 1. The summed E-state index contributed by atoms with van der Waals surface area (Å²) in [6, 6.07) is 3.74. The number of hydrogen-bond donors (Lipinski definition) is 2. The standard InChI is InChI=1S/C10H16N4OS/c1-11-10(15)13-16-8-7-14(2)9-3-5-12-6-4-9/h3-6H,7-8H2,1-2H3,(H2,11,13,15). The van der Waals surface area contributed by atoms with Crippen molar-refractivity contribution in [3.05, 3.63) is 24.5 Å². The summed E-state index contributed by atoms with van der Waals surface area (Å²) in [6.07, 6.45) is 3.53. The quantitative estimate of drug-likeness (QED) is 0.597. The van der Waals surface area contributed by atoms with Crippen molar-refractivity contribution in [1.82, 2.24) is 15.0 Å². The lowest BCUT2D eigenvalue weighted by atomic mass is 10.4. The number of carbonyl (C=O) groups is 1. The lowest BCUT2D eigenvalue weighted by Gasteiger charge is -2.18. The van der Waals surface area contributed by atoms with E-state index in [9.17, 15) is 4.79 Å². The number of pyridine rings is 1. The minimum Gasteiger partial charge on any atom is -0.374 e. The highest BCUT2D eigenvalue weighted by Gasteiger charge is 2.00. The molecule has 0 aromatic carbocycles. The Bertz CT molecular complexity index is 320. The molecule has 88 valence electrons. The topological polar surface area (TPSA) is 57.3 Å². The van der Waals surface area contributed by atoms with Crippen molar-refractivity contribution in [2.24, 2.45) is 0 Å². The number of rotatable bonds is 5. The summed E-state index contributed by atoms with van der Waals surface area (Å²) in [4.78, 5) is 16.9. The molecule has 0 aliphatic carbocycles. The first-order valence-corrected chi connectivity index (χ1v) is 5.93. The van der Waals surface area contributed by atoms with Crippen LogP contribution in [0.1, 0.15) is 0 Å². The monoisotopic (exact) mass is 240 g/mol. The number of carbonyl (C=O) groups excluding carboxylic acids is 1. The maximum atomic E-state index is 10.9. The lowest BCUT2D eigenvalue weighted by Crippen LogP contribution is -2.29.